The average Bonchev–Trinajstić information content (AvgIpc) is 2.01. The summed E-state index contributed by atoms with van der Waals surface area (Å²) < 4.78 is 1.27. The number of hydrogen-bond donors (Lipinski definition) is 0. The molecule has 1 saturated carbocycles. The highest BCUT2D eigenvalue weighted by Gasteiger charge is 2.25. The topological polar surface area (TPSA) is 0 Å². The van der Waals surface area contributed by atoms with Crippen molar-refractivity contribution in [1.29, 1.82) is 0 Å². The fourth-order valence-electron chi connectivity index (χ4n) is 2.04. The van der Waals surface area contributed by atoms with E-state index in [1.807, 2.05) is 0 Å². The smallest absolute Gasteiger partial charge is 0.0210 e. The SMILES string of the molecule is CC(c1ccccc1Br)C1CCC1. The van der Waals surface area contributed by atoms with E-state index in [0.717, 1.165) is 11.8 Å². The largest absolute Gasteiger partial charge is 0.0619 e. The molecule has 0 spiro atoms. The van der Waals surface area contributed by atoms with Crippen LogP contribution in [-0.4, -0.2) is 0 Å². The van der Waals surface area contributed by atoms with Gasteiger partial charge in [-0.15, -0.1) is 0 Å². The molecule has 1 unspecified atom stereocenters. The molecule has 1 atom stereocenters. The fourth-order valence-corrected chi connectivity index (χ4v) is 2.68. The Morgan fingerprint density at radius 2 is 2.00 bits per heavy atom. The van der Waals surface area contributed by atoms with Crippen molar-refractivity contribution in [3.63, 3.8) is 0 Å². The van der Waals surface area contributed by atoms with Crippen LogP contribution in [0.5, 0.6) is 0 Å². The van der Waals surface area contributed by atoms with Gasteiger partial charge in [-0.1, -0.05) is 47.5 Å². The molecule has 70 valence electrons. The minimum atomic E-state index is 0.726. The van der Waals surface area contributed by atoms with Crippen molar-refractivity contribution in [3.05, 3.63) is 34.3 Å². The second-order valence-electron chi connectivity index (χ2n) is 4.00. The molecular formula is C12H15Br. The summed E-state index contributed by atoms with van der Waals surface area (Å²) in [4.78, 5) is 0. The first-order valence-corrected chi connectivity index (χ1v) is 5.83. The van der Waals surface area contributed by atoms with Crippen molar-refractivity contribution in [2.45, 2.75) is 32.1 Å². The quantitative estimate of drug-likeness (QED) is 0.719. The standard InChI is InChI=1S/C12H15Br/c1-9(10-5-4-6-10)11-7-2-3-8-12(11)13/h2-3,7-10H,4-6H2,1H3. The van der Waals surface area contributed by atoms with Gasteiger partial charge in [0.15, 0.2) is 0 Å². The van der Waals surface area contributed by atoms with E-state index in [4.69, 9.17) is 0 Å². The predicted molar refractivity (Wildman–Crippen MR) is 59.9 cm³/mol. The van der Waals surface area contributed by atoms with Crippen LogP contribution >= 0.6 is 15.9 Å². The van der Waals surface area contributed by atoms with E-state index in [9.17, 15) is 0 Å². The Balaban J connectivity index is 2.18. The molecule has 1 aliphatic carbocycles. The van der Waals surface area contributed by atoms with Gasteiger partial charge in [0.25, 0.3) is 0 Å². The highest BCUT2D eigenvalue weighted by atomic mass is 79.9. The van der Waals surface area contributed by atoms with Gasteiger partial charge in [-0.05, 0) is 36.3 Å². The molecule has 1 aliphatic rings. The first-order chi connectivity index (χ1) is 6.29. The molecule has 1 aromatic carbocycles. The van der Waals surface area contributed by atoms with Crippen LogP contribution in [-0.2, 0) is 0 Å². The summed E-state index contributed by atoms with van der Waals surface area (Å²) in [6.07, 6.45) is 4.27. The molecule has 1 fully saturated rings. The Kier molecular flexibility index (Phi) is 2.73. The van der Waals surface area contributed by atoms with E-state index in [1.165, 1.54) is 29.3 Å². The lowest BCUT2D eigenvalue weighted by molar-refractivity contribution is 0.271. The van der Waals surface area contributed by atoms with Gasteiger partial charge in [-0.3, -0.25) is 0 Å². The molecule has 0 aliphatic heterocycles. The molecule has 2 rings (SSSR count). The Morgan fingerprint density at radius 1 is 1.31 bits per heavy atom. The number of rotatable bonds is 2. The summed E-state index contributed by atoms with van der Waals surface area (Å²) in [6, 6.07) is 8.61. The van der Waals surface area contributed by atoms with Crippen LogP contribution in [0.25, 0.3) is 0 Å². The monoisotopic (exact) mass is 238 g/mol. The zero-order valence-corrected chi connectivity index (χ0v) is 9.55. The summed E-state index contributed by atoms with van der Waals surface area (Å²) >= 11 is 3.62. The number of benzene rings is 1. The molecule has 0 nitrogen and oxygen atoms in total. The molecular weight excluding hydrogens is 224 g/mol. The molecule has 0 amide bonds. The van der Waals surface area contributed by atoms with Crippen molar-refractivity contribution in [2.75, 3.05) is 0 Å². The van der Waals surface area contributed by atoms with Crippen molar-refractivity contribution in [2.24, 2.45) is 5.92 Å². The van der Waals surface area contributed by atoms with Crippen LogP contribution in [0.4, 0.5) is 0 Å². The van der Waals surface area contributed by atoms with Gasteiger partial charge in [0.1, 0.15) is 0 Å². The summed E-state index contributed by atoms with van der Waals surface area (Å²) in [5.74, 6) is 1.66. The Labute approximate surface area is 88.5 Å². The van der Waals surface area contributed by atoms with Gasteiger partial charge in [0.05, 0.1) is 0 Å². The molecule has 0 saturated heterocycles. The second kappa shape index (κ2) is 3.83. The van der Waals surface area contributed by atoms with E-state index in [0.29, 0.717) is 0 Å². The molecule has 13 heavy (non-hydrogen) atoms. The maximum absolute atomic E-state index is 3.62. The number of halogens is 1. The van der Waals surface area contributed by atoms with Gasteiger partial charge in [-0.2, -0.15) is 0 Å². The van der Waals surface area contributed by atoms with Gasteiger partial charge in [0.2, 0.25) is 0 Å². The highest BCUT2D eigenvalue weighted by Crippen LogP contribution is 2.40. The predicted octanol–water partition coefficient (Wildman–Crippen LogP) is 4.35. The maximum Gasteiger partial charge on any atom is 0.0210 e. The lowest BCUT2D eigenvalue weighted by Crippen LogP contribution is -2.18. The molecule has 1 heteroatoms. The molecule has 0 heterocycles. The average molecular weight is 239 g/mol. The summed E-state index contributed by atoms with van der Waals surface area (Å²) in [7, 11) is 0. The maximum atomic E-state index is 3.62. The number of hydrogen-bond acceptors (Lipinski definition) is 0. The van der Waals surface area contributed by atoms with E-state index >= 15 is 0 Å². The van der Waals surface area contributed by atoms with E-state index in [1.54, 1.807) is 0 Å². The van der Waals surface area contributed by atoms with Gasteiger partial charge in [-0.25, -0.2) is 0 Å². The van der Waals surface area contributed by atoms with Gasteiger partial charge >= 0.3 is 0 Å². The summed E-state index contributed by atoms with van der Waals surface area (Å²) in [6.45, 7) is 2.35. The Morgan fingerprint density at radius 3 is 2.54 bits per heavy atom. The van der Waals surface area contributed by atoms with Crippen LogP contribution in [0.3, 0.4) is 0 Å². The zero-order valence-electron chi connectivity index (χ0n) is 7.96. The molecule has 1 aromatic rings. The zero-order chi connectivity index (χ0) is 9.26. The minimum absolute atomic E-state index is 0.726. The molecule has 0 radical (unpaired) electrons. The third-order valence-electron chi connectivity index (χ3n) is 3.25. The van der Waals surface area contributed by atoms with E-state index in [2.05, 4.69) is 47.1 Å². The van der Waals surface area contributed by atoms with Gasteiger partial charge < -0.3 is 0 Å². The van der Waals surface area contributed by atoms with Crippen LogP contribution in [0.2, 0.25) is 0 Å². The third kappa shape index (κ3) is 1.80. The normalized spacial score (nSPS) is 19.5. The third-order valence-corrected chi connectivity index (χ3v) is 3.97. The lowest BCUT2D eigenvalue weighted by Gasteiger charge is -2.32. The lowest BCUT2D eigenvalue weighted by atomic mass is 9.74. The first kappa shape index (κ1) is 9.26. The van der Waals surface area contributed by atoms with Gasteiger partial charge in [0, 0.05) is 4.47 Å². The van der Waals surface area contributed by atoms with Crippen LogP contribution in [0.1, 0.15) is 37.7 Å². The summed E-state index contributed by atoms with van der Waals surface area (Å²) in [5, 5.41) is 0. The van der Waals surface area contributed by atoms with Crippen LogP contribution in [0.15, 0.2) is 28.7 Å². The van der Waals surface area contributed by atoms with Crippen LogP contribution < -0.4 is 0 Å². The minimum Gasteiger partial charge on any atom is -0.0619 e. The van der Waals surface area contributed by atoms with E-state index < -0.39 is 0 Å². The summed E-state index contributed by atoms with van der Waals surface area (Å²) in [5.41, 5.74) is 1.48. The molecule has 0 aromatic heterocycles. The highest BCUT2D eigenvalue weighted by molar-refractivity contribution is 9.10. The van der Waals surface area contributed by atoms with Crippen molar-refractivity contribution < 1.29 is 0 Å². The Hall–Kier alpha value is -0.300. The first-order valence-electron chi connectivity index (χ1n) is 5.03. The van der Waals surface area contributed by atoms with Crippen LogP contribution in [0, 0.1) is 5.92 Å². The Bertz CT molecular complexity index is 289. The fraction of sp³-hybridized carbons (Fsp3) is 0.500. The molecule has 0 N–H and O–H groups in total. The van der Waals surface area contributed by atoms with E-state index in [-0.39, 0.29) is 0 Å². The van der Waals surface area contributed by atoms with Crippen molar-refractivity contribution >= 4 is 15.9 Å². The van der Waals surface area contributed by atoms with Crippen molar-refractivity contribution in [3.8, 4) is 0 Å². The molecule has 0 bridgehead atoms. The second-order valence-corrected chi connectivity index (χ2v) is 4.86. The van der Waals surface area contributed by atoms with Crippen molar-refractivity contribution in [1.82, 2.24) is 0 Å².